The molecule has 6 nitrogen and oxygen atoms in total. The van der Waals surface area contributed by atoms with E-state index in [1.807, 2.05) is 33.1 Å². The van der Waals surface area contributed by atoms with Gasteiger partial charge < -0.3 is 9.64 Å². The Kier molecular flexibility index (Phi) is 3.75. The number of thioether (sulfide) groups is 1. The molecule has 1 unspecified atom stereocenters. The maximum Gasteiger partial charge on any atom is 0.410 e. The van der Waals surface area contributed by atoms with E-state index in [0.29, 0.717) is 18.2 Å². The number of ether oxygens (including phenoxy) is 1. The number of carbonyl (C=O) groups is 1. The highest BCUT2D eigenvalue weighted by Crippen LogP contribution is 2.62. The second-order valence-corrected chi connectivity index (χ2v) is 7.78. The SMILES string of the molecule is CSc1nccc(C2(C#N)[C@@H]3CN(C(=O)OC(C)(C)C)C[C@@H]32)n1. The minimum Gasteiger partial charge on any atom is -0.444 e. The van der Waals surface area contributed by atoms with Crippen molar-refractivity contribution in [2.24, 2.45) is 11.8 Å². The predicted molar refractivity (Wildman–Crippen MR) is 85.9 cm³/mol. The zero-order valence-electron chi connectivity index (χ0n) is 13.7. The molecule has 23 heavy (non-hydrogen) atoms. The van der Waals surface area contributed by atoms with Crippen molar-refractivity contribution in [3.05, 3.63) is 18.0 Å². The van der Waals surface area contributed by atoms with Gasteiger partial charge >= 0.3 is 6.09 Å². The summed E-state index contributed by atoms with van der Waals surface area (Å²) in [5, 5.41) is 10.4. The Bertz CT molecular complexity index is 667. The standard InChI is InChI=1S/C16H20N4O2S/c1-15(2,3)22-14(21)20-7-10-11(8-20)16(10,9-17)12-5-6-18-13(19-12)23-4/h5-6,10-11H,7-8H2,1-4H3/t10-,11+,16?. The predicted octanol–water partition coefficient (Wildman–Crippen LogP) is 2.46. The van der Waals surface area contributed by atoms with Crippen LogP contribution in [0.15, 0.2) is 17.4 Å². The van der Waals surface area contributed by atoms with Gasteiger partial charge in [0.15, 0.2) is 5.16 Å². The molecular formula is C16H20N4O2S. The molecule has 2 aliphatic rings. The number of piperidine rings is 1. The first kappa shape index (κ1) is 16.1. The summed E-state index contributed by atoms with van der Waals surface area (Å²) in [5.41, 5.74) is -0.305. The molecule has 0 spiro atoms. The number of nitriles is 1. The minimum atomic E-state index is -0.577. The van der Waals surface area contributed by atoms with E-state index in [1.165, 1.54) is 11.8 Å². The lowest BCUT2D eigenvalue weighted by Gasteiger charge is -2.27. The van der Waals surface area contributed by atoms with Crippen LogP contribution in [0.3, 0.4) is 0 Å². The first-order valence-electron chi connectivity index (χ1n) is 7.58. The topological polar surface area (TPSA) is 79.1 Å². The molecule has 0 radical (unpaired) electrons. The molecule has 1 amide bonds. The quantitative estimate of drug-likeness (QED) is 0.611. The average molecular weight is 332 g/mol. The van der Waals surface area contributed by atoms with Crippen LogP contribution < -0.4 is 0 Å². The molecule has 1 aromatic heterocycles. The first-order valence-corrected chi connectivity index (χ1v) is 8.81. The summed E-state index contributed by atoms with van der Waals surface area (Å²) in [6.45, 7) is 6.65. The van der Waals surface area contributed by atoms with E-state index in [-0.39, 0.29) is 17.9 Å². The zero-order chi connectivity index (χ0) is 16.8. The second-order valence-electron chi connectivity index (χ2n) is 7.01. The number of aromatic nitrogens is 2. The van der Waals surface area contributed by atoms with Crippen molar-refractivity contribution < 1.29 is 9.53 Å². The minimum absolute atomic E-state index is 0.129. The van der Waals surface area contributed by atoms with Gasteiger partial charge in [-0.15, -0.1) is 0 Å². The molecule has 122 valence electrons. The van der Waals surface area contributed by atoms with E-state index in [4.69, 9.17) is 4.74 Å². The molecule has 2 heterocycles. The van der Waals surface area contributed by atoms with Gasteiger partial charge in [0.25, 0.3) is 0 Å². The Morgan fingerprint density at radius 2 is 2.13 bits per heavy atom. The van der Waals surface area contributed by atoms with Crippen LogP contribution in [-0.4, -0.2) is 45.9 Å². The normalized spacial score (nSPS) is 28.9. The summed E-state index contributed by atoms with van der Waals surface area (Å²) in [7, 11) is 0. The van der Waals surface area contributed by atoms with Gasteiger partial charge in [0.2, 0.25) is 0 Å². The van der Waals surface area contributed by atoms with E-state index in [2.05, 4.69) is 16.0 Å². The van der Waals surface area contributed by atoms with Crippen LogP contribution in [0.5, 0.6) is 0 Å². The highest BCUT2D eigenvalue weighted by molar-refractivity contribution is 7.98. The third kappa shape index (κ3) is 2.65. The van der Waals surface area contributed by atoms with Gasteiger partial charge in [-0.05, 0) is 33.1 Å². The number of carbonyl (C=O) groups excluding carboxylic acids is 1. The summed E-state index contributed by atoms with van der Waals surface area (Å²) >= 11 is 1.46. The van der Waals surface area contributed by atoms with E-state index >= 15 is 0 Å². The van der Waals surface area contributed by atoms with Crippen LogP contribution in [0.2, 0.25) is 0 Å². The van der Waals surface area contributed by atoms with Gasteiger partial charge in [-0.3, -0.25) is 0 Å². The first-order chi connectivity index (χ1) is 10.8. The van der Waals surface area contributed by atoms with Gasteiger partial charge in [-0.2, -0.15) is 5.26 Å². The average Bonchev–Trinajstić information content (AvgIpc) is 2.88. The number of amides is 1. The molecule has 3 atom stereocenters. The number of hydrogen-bond donors (Lipinski definition) is 0. The van der Waals surface area contributed by atoms with Crippen molar-refractivity contribution in [2.75, 3.05) is 19.3 Å². The fourth-order valence-electron chi connectivity index (χ4n) is 3.38. The lowest BCUT2D eigenvalue weighted by molar-refractivity contribution is 0.0265. The fourth-order valence-corrected chi connectivity index (χ4v) is 3.73. The molecule has 2 fully saturated rings. The molecule has 3 rings (SSSR count). The Labute approximate surface area is 140 Å². The van der Waals surface area contributed by atoms with Crippen molar-refractivity contribution in [3.8, 4) is 6.07 Å². The molecule has 1 saturated carbocycles. The van der Waals surface area contributed by atoms with Gasteiger partial charge in [0, 0.05) is 31.1 Å². The van der Waals surface area contributed by atoms with Gasteiger partial charge in [-0.1, -0.05) is 11.8 Å². The fraction of sp³-hybridized carbons (Fsp3) is 0.625. The maximum atomic E-state index is 12.2. The van der Waals surface area contributed by atoms with Crippen molar-refractivity contribution >= 4 is 17.9 Å². The lowest BCUT2D eigenvalue weighted by atomic mass is 9.97. The Morgan fingerprint density at radius 1 is 1.48 bits per heavy atom. The molecular weight excluding hydrogens is 312 g/mol. The Hall–Kier alpha value is -1.81. The van der Waals surface area contributed by atoms with Crippen LogP contribution in [-0.2, 0) is 10.2 Å². The van der Waals surface area contributed by atoms with Crippen LogP contribution in [0, 0.1) is 23.2 Å². The summed E-state index contributed by atoms with van der Waals surface area (Å²) in [6.07, 6.45) is 3.31. The number of likely N-dealkylation sites (tertiary alicyclic amines) is 1. The summed E-state index contributed by atoms with van der Waals surface area (Å²) in [5.74, 6) is 0.259. The summed E-state index contributed by atoms with van der Waals surface area (Å²) in [6, 6.07) is 4.27. The zero-order valence-corrected chi connectivity index (χ0v) is 14.6. The van der Waals surface area contributed by atoms with Crippen LogP contribution in [0.1, 0.15) is 26.5 Å². The van der Waals surface area contributed by atoms with Crippen molar-refractivity contribution in [1.29, 1.82) is 5.26 Å². The molecule has 0 N–H and O–H groups in total. The summed E-state index contributed by atoms with van der Waals surface area (Å²) in [4.78, 5) is 22.5. The van der Waals surface area contributed by atoms with E-state index in [1.54, 1.807) is 11.1 Å². The second kappa shape index (κ2) is 5.38. The van der Waals surface area contributed by atoms with Gasteiger partial charge in [-0.25, -0.2) is 14.8 Å². The number of nitrogens with zero attached hydrogens (tertiary/aromatic N) is 4. The lowest BCUT2D eigenvalue weighted by Crippen LogP contribution is -2.39. The third-order valence-corrected chi connectivity index (χ3v) is 5.02. The van der Waals surface area contributed by atoms with Crippen molar-refractivity contribution in [1.82, 2.24) is 14.9 Å². The van der Waals surface area contributed by atoms with E-state index in [0.717, 1.165) is 5.69 Å². The smallest absolute Gasteiger partial charge is 0.410 e. The Balaban J connectivity index is 1.74. The molecule has 7 heteroatoms. The maximum absolute atomic E-state index is 12.2. The monoisotopic (exact) mass is 332 g/mol. The highest BCUT2D eigenvalue weighted by atomic mass is 32.2. The van der Waals surface area contributed by atoms with Crippen LogP contribution >= 0.6 is 11.8 Å². The van der Waals surface area contributed by atoms with Gasteiger partial charge in [0.1, 0.15) is 11.0 Å². The molecule has 0 bridgehead atoms. The van der Waals surface area contributed by atoms with Crippen molar-refractivity contribution in [3.63, 3.8) is 0 Å². The molecule has 1 saturated heterocycles. The van der Waals surface area contributed by atoms with E-state index in [9.17, 15) is 10.1 Å². The van der Waals surface area contributed by atoms with Crippen molar-refractivity contribution in [2.45, 2.75) is 36.9 Å². The van der Waals surface area contributed by atoms with E-state index < -0.39 is 11.0 Å². The van der Waals surface area contributed by atoms with Crippen LogP contribution in [0.4, 0.5) is 4.79 Å². The third-order valence-electron chi connectivity index (χ3n) is 4.46. The largest absolute Gasteiger partial charge is 0.444 e. The Morgan fingerprint density at radius 3 is 2.65 bits per heavy atom. The number of fused-ring (bicyclic) bond motifs is 1. The highest BCUT2D eigenvalue weighted by Gasteiger charge is 2.71. The summed E-state index contributed by atoms with van der Waals surface area (Å²) < 4.78 is 5.41. The van der Waals surface area contributed by atoms with Gasteiger partial charge in [0.05, 0.1) is 11.8 Å². The van der Waals surface area contributed by atoms with Crippen LogP contribution in [0.25, 0.3) is 0 Å². The molecule has 0 aromatic carbocycles. The number of hydrogen-bond acceptors (Lipinski definition) is 6. The molecule has 1 aromatic rings. The number of rotatable bonds is 2. The molecule has 1 aliphatic carbocycles. The molecule has 1 aliphatic heterocycles.